The van der Waals surface area contributed by atoms with E-state index in [1.807, 2.05) is 23.2 Å². The summed E-state index contributed by atoms with van der Waals surface area (Å²) in [6, 6.07) is 2.15. The highest BCUT2D eigenvalue weighted by molar-refractivity contribution is 7.99. The predicted molar refractivity (Wildman–Crippen MR) is 86.1 cm³/mol. The zero-order valence-electron chi connectivity index (χ0n) is 10.7. The minimum Gasteiger partial charge on any atom is -0.323 e. The maximum atomic E-state index is 12.5. The van der Waals surface area contributed by atoms with E-state index in [1.165, 1.54) is 24.2 Å². The minimum absolute atomic E-state index is 0.0765. The van der Waals surface area contributed by atoms with E-state index >= 15 is 0 Å². The highest BCUT2D eigenvalue weighted by Crippen LogP contribution is 2.33. The Morgan fingerprint density at radius 2 is 2.16 bits per heavy atom. The van der Waals surface area contributed by atoms with Crippen LogP contribution in [0.1, 0.15) is 31.7 Å². The molecular formula is C13H16N2OS3. The molecule has 3 rings (SSSR count). The molecule has 1 N–H and O–H groups in total. The molecule has 0 spiro atoms. The van der Waals surface area contributed by atoms with Crippen molar-refractivity contribution in [2.45, 2.75) is 37.0 Å². The van der Waals surface area contributed by atoms with Gasteiger partial charge in [0.05, 0.1) is 5.39 Å². The molecule has 1 aliphatic rings. The molecule has 0 unspecified atom stereocenters. The van der Waals surface area contributed by atoms with E-state index in [2.05, 4.69) is 11.2 Å². The van der Waals surface area contributed by atoms with Gasteiger partial charge in [0.25, 0.3) is 5.56 Å². The first kappa shape index (κ1) is 13.4. The van der Waals surface area contributed by atoms with Crippen molar-refractivity contribution in [2.75, 3.05) is 6.26 Å². The monoisotopic (exact) mass is 312 g/mol. The summed E-state index contributed by atoms with van der Waals surface area (Å²) in [7, 11) is 0. The van der Waals surface area contributed by atoms with Crippen molar-refractivity contribution < 1.29 is 0 Å². The lowest BCUT2D eigenvalue weighted by Gasteiger charge is -2.28. The number of hydrogen-bond acceptors (Lipinski definition) is 4. The van der Waals surface area contributed by atoms with Crippen molar-refractivity contribution in [3.63, 3.8) is 0 Å². The zero-order valence-corrected chi connectivity index (χ0v) is 13.2. The molecule has 102 valence electrons. The zero-order chi connectivity index (χ0) is 13.4. The van der Waals surface area contributed by atoms with Gasteiger partial charge in [0.1, 0.15) is 4.83 Å². The van der Waals surface area contributed by atoms with E-state index in [1.54, 1.807) is 4.57 Å². The summed E-state index contributed by atoms with van der Waals surface area (Å²) < 4.78 is 2.38. The second-order valence-corrected chi connectivity index (χ2v) is 7.38. The second-order valence-electron chi connectivity index (χ2n) is 4.93. The van der Waals surface area contributed by atoms with Gasteiger partial charge in [0, 0.05) is 11.3 Å². The number of hydrogen-bond donors (Lipinski definition) is 1. The van der Waals surface area contributed by atoms with Crippen LogP contribution in [0.15, 0.2) is 16.2 Å². The first-order valence-corrected chi connectivity index (χ1v) is 9.03. The maximum Gasteiger partial charge on any atom is 0.263 e. The van der Waals surface area contributed by atoms with Gasteiger partial charge >= 0.3 is 0 Å². The van der Waals surface area contributed by atoms with Crippen LogP contribution in [0.2, 0.25) is 0 Å². The fourth-order valence-corrected chi connectivity index (χ4v) is 4.74. The average Bonchev–Trinajstić information content (AvgIpc) is 2.88. The van der Waals surface area contributed by atoms with Gasteiger partial charge in [-0.05, 0) is 55.6 Å². The Morgan fingerprint density at radius 1 is 1.42 bits per heavy atom. The van der Waals surface area contributed by atoms with Crippen LogP contribution in [-0.4, -0.2) is 21.1 Å². The van der Waals surface area contributed by atoms with Gasteiger partial charge < -0.3 is 4.98 Å². The molecule has 0 saturated heterocycles. The van der Waals surface area contributed by atoms with Crippen LogP contribution in [0.3, 0.4) is 0 Å². The van der Waals surface area contributed by atoms with Gasteiger partial charge in [0.2, 0.25) is 0 Å². The second kappa shape index (κ2) is 5.42. The summed E-state index contributed by atoms with van der Waals surface area (Å²) in [4.78, 5) is 16.6. The normalized spacial score (nSPS) is 23.8. The van der Waals surface area contributed by atoms with Crippen LogP contribution in [-0.2, 0) is 0 Å². The molecule has 0 aliphatic heterocycles. The molecule has 3 nitrogen and oxygen atoms in total. The lowest BCUT2D eigenvalue weighted by molar-refractivity contribution is 0.348. The van der Waals surface area contributed by atoms with Crippen LogP contribution < -0.4 is 5.56 Å². The van der Waals surface area contributed by atoms with Gasteiger partial charge in [0.15, 0.2) is 4.77 Å². The lowest BCUT2D eigenvalue weighted by atomic mass is 9.95. The number of thiophene rings is 1. The number of nitrogens with zero attached hydrogens (tertiary/aromatic N) is 1. The molecule has 0 atom stereocenters. The highest BCUT2D eigenvalue weighted by atomic mass is 32.2. The van der Waals surface area contributed by atoms with Crippen molar-refractivity contribution in [3.05, 3.63) is 26.6 Å². The van der Waals surface area contributed by atoms with E-state index in [9.17, 15) is 4.79 Å². The number of aromatic nitrogens is 2. The quantitative estimate of drug-likeness (QED) is 0.853. The number of rotatable bonds is 2. The van der Waals surface area contributed by atoms with Crippen LogP contribution in [0, 0.1) is 4.77 Å². The molecule has 1 aliphatic carbocycles. The van der Waals surface area contributed by atoms with Crippen molar-refractivity contribution in [3.8, 4) is 0 Å². The molecule has 6 heteroatoms. The van der Waals surface area contributed by atoms with Crippen LogP contribution in [0.5, 0.6) is 0 Å². The fraction of sp³-hybridized carbons (Fsp3) is 0.538. The van der Waals surface area contributed by atoms with Crippen molar-refractivity contribution >= 4 is 45.5 Å². The average molecular weight is 312 g/mol. The Kier molecular flexibility index (Phi) is 3.82. The van der Waals surface area contributed by atoms with Crippen LogP contribution >= 0.6 is 35.3 Å². The fourth-order valence-electron chi connectivity index (χ4n) is 2.82. The van der Waals surface area contributed by atoms with E-state index in [0.29, 0.717) is 4.77 Å². The molecule has 1 fully saturated rings. The molecule has 0 bridgehead atoms. The molecule has 2 aromatic rings. The third-order valence-corrected chi connectivity index (χ3v) is 6.16. The summed E-state index contributed by atoms with van der Waals surface area (Å²) in [6.45, 7) is 0. The molecule has 0 radical (unpaired) electrons. The predicted octanol–water partition coefficient (Wildman–Crippen LogP) is 3.97. The molecule has 0 aromatic carbocycles. The number of aromatic amines is 1. The van der Waals surface area contributed by atoms with Gasteiger partial charge in [-0.25, -0.2) is 0 Å². The Morgan fingerprint density at radius 3 is 2.84 bits per heavy atom. The van der Waals surface area contributed by atoms with E-state index in [-0.39, 0.29) is 11.6 Å². The molecular weight excluding hydrogens is 296 g/mol. The van der Waals surface area contributed by atoms with Crippen molar-refractivity contribution in [2.24, 2.45) is 0 Å². The molecule has 2 aromatic heterocycles. The summed E-state index contributed by atoms with van der Waals surface area (Å²) >= 11 is 8.85. The van der Waals surface area contributed by atoms with E-state index < -0.39 is 0 Å². The SMILES string of the molecule is CSC1CCC(n2c(=S)[nH]c3sccc3c2=O)CC1. The Bertz CT molecular complexity index is 692. The first-order valence-electron chi connectivity index (χ1n) is 6.45. The Balaban J connectivity index is 2.01. The van der Waals surface area contributed by atoms with Crippen LogP contribution in [0.4, 0.5) is 0 Å². The van der Waals surface area contributed by atoms with E-state index in [4.69, 9.17) is 12.2 Å². The van der Waals surface area contributed by atoms with Gasteiger partial charge in [-0.2, -0.15) is 11.8 Å². The maximum absolute atomic E-state index is 12.5. The Labute approximate surface area is 125 Å². The minimum atomic E-state index is 0.0765. The van der Waals surface area contributed by atoms with Crippen LogP contribution in [0.25, 0.3) is 10.2 Å². The third kappa shape index (κ3) is 2.41. The number of nitrogens with one attached hydrogen (secondary N) is 1. The highest BCUT2D eigenvalue weighted by Gasteiger charge is 2.23. The summed E-state index contributed by atoms with van der Waals surface area (Å²) in [6.07, 6.45) is 6.63. The topological polar surface area (TPSA) is 37.8 Å². The largest absolute Gasteiger partial charge is 0.323 e. The molecule has 0 amide bonds. The summed E-state index contributed by atoms with van der Waals surface area (Å²) in [5.41, 5.74) is 0.0765. The lowest BCUT2D eigenvalue weighted by Crippen LogP contribution is -2.29. The third-order valence-electron chi connectivity index (χ3n) is 3.90. The molecule has 2 heterocycles. The standard InChI is InChI=1S/C13H16N2OS3/c1-18-9-4-2-8(3-5-9)15-12(16)10-6-7-19-11(10)14-13(15)17/h6-9H,2-5H2,1H3,(H,14,17). The summed E-state index contributed by atoms with van der Waals surface area (Å²) in [5.74, 6) is 0. The summed E-state index contributed by atoms with van der Waals surface area (Å²) in [5, 5.41) is 3.45. The van der Waals surface area contributed by atoms with E-state index in [0.717, 1.165) is 28.3 Å². The van der Waals surface area contributed by atoms with Crippen molar-refractivity contribution in [1.82, 2.24) is 9.55 Å². The van der Waals surface area contributed by atoms with Gasteiger partial charge in [-0.3, -0.25) is 9.36 Å². The first-order chi connectivity index (χ1) is 9.20. The van der Waals surface area contributed by atoms with Gasteiger partial charge in [-0.15, -0.1) is 11.3 Å². The number of H-pyrrole nitrogens is 1. The Hall–Kier alpha value is -0.590. The van der Waals surface area contributed by atoms with Crippen molar-refractivity contribution in [1.29, 1.82) is 0 Å². The number of thioether (sulfide) groups is 1. The number of fused-ring (bicyclic) bond motifs is 1. The van der Waals surface area contributed by atoms with Gasteiger partial charge in [-0.1, -0.05) is 0 Å². The molecule has 19 heavy (non-hydrogen) atoms. The molecule has 1 saturated carbocycles. The smallest absolute Gasteiger partial charge is 0.263 e.